The summed E-state index contributed by atoms with van der Waals surface area (Å²) in [4.78, 5) is 21.1. The van der Waals surface area contributed by atoms with E-state index in [4.69, 9.17) is 4.74 Å². The number of amides is 1. The van der Waals surface area contributed by atoms with Crippen molar-refractivity contribution in [1.29, 1.82) is 0 Å². The van der Waals surface area contributed by atoms with Crippen LogP contribution in [0.3, 0.4) is 0 Å². The number of benzene rings is 1. The molecule has 1 aromatic carbocycles. The number of hydrogen-bond acceptors (Lipinski definition) is 5. The lowest BCUT2D eigenvalue weighted by molar-refractivity contribution is 0.0913. The van der Waals surface area contributed by atoms with Crippen LogP contribution < -0.4 is 10.1 Å². The second kappa shape index (κ2) is 7.31. The Labute approximate surface area is 170 Å². The minimum absolute atomic E-state index is 0.0220. The van der Waals surface area contributed by atoms with Crippen LogP contribution in [-0.4, -0.2) is 32.8 Å². The molecule has 0 spiro atoms. The van der Waals surface area contributed by atoms with E-state index < -0.39 is 0 Å². The van der Waals surface area contributed by atoms with E-state index in [1.807, 2.05) is 42.1 Å². The number of nitrogens with zero attached hydrogens (tertiary/aromatic N) is 4. The highest BCUT2D eigenvalue weighted by molar-refractivity contribution is 5.92. The van der Waals surface area contributed by atoms with Crippen LogP contribution in [0.5, 0.6) is 5.75 Å². The molecule has 1 aliphatic rings. The fourth-order valence-corrected chi connectivity index (χ4v) is 3.86. The first kappa shape index (κ1) is 19.1. The standard InChI is InChI=1S/C22H25N5O2/c1-14-11-24-19(13-23-14)21(28)26-18-9-22(2,3)10-20-17(18)12-25-27(20)15-5-7-16(29-4)8-6-15/h5-8,11-13,18H,9-10H2,1-4H3,(H,26,28)/t18-/m0/s1. The van der Waals surface area contributed by atoms with Gasteiger partial charge in [-0.3, -0.25) is 9.78 Å². The molecule has 4 rings (SSSR count). The van der Waals surface area contributed by atoms with E-state index in [-0.39, 0.29) is 17.4 Å². The minimum atomic E-state index is -0.219. The number of fused-ring (bicyclic) bond motifs is 1. The van der Waals surface area contributed by atoms with E-state index in [0.29, 0.717) is 5.69 Å². The first-order chi connectivity index (χ1) is 13.9. The average Bonchev–Trinajstić information content (AvgIpc) is 3.11. The molecule has 1 atom stereocenters. The number of hydrogen-bond donors (Lipinski definition) is 1. The van der Waals surface area contributed by atoms with Gasteiger partial charge in [0.25, 0.3) is 5.91 Å². The summed E-state index contributed by atoms with van der Waals surface area (Å²) in [6, 6.07) is 7.70. The zero-order valence-corrected chi connectivity index (χ0v) is 17.1. The van der Waals surface area contributed by atoms with Gasteiger partial charge in [0.05, 0.1) is 42.6 Å². The minimum Gasteiger partial charge on any atom is -0.497 e. The van der Waals surface area contributed by atoms with Gasteiger partial charge in [-0.25, -0.2) is 9.67 Å². The molecular formula is C22H25N5O2. The van der Waals surface area contributed by atoms with E-state index in [9.17, 15) is 4.79 Å². The largest absolute Gasteiger partial charge is 0.497 e. The van der Waals surface area contributed by atoms with Crippen LogP contribution in [-0.2, 0) is 6.42 Å². The summed E-state index contributed by atoms with van der Waals surface area (Å²) < 4.78 is 7.21. The Bertz CT molecular complexity index is 1020. The number of aromatic nitrogens is 4. The molecule has 7 heteroatoms. The summed E-state index contributed by atoms with van der Waals surface area (Å²) in [5.74, 6) is 0.586. The lowest BCUT2D eigenvalue weighted by Crippen LogP contribution is -2.37. The second-order valence-corrected chi connectivity index (χ2v) is 8.27. The van der Waals surface area contributed by atoms with Crippen LogP contribution in [0.2, 0.25) is 0 Å². The number of nitrogens with one attached hydrogen (secondary N) is 1. The van der Waals surface area contributed by atoms with Crippen LogP contribution in [0.15, 0.2) is 42.9 Å². The van der Waals surface area contributed by atoms with E-state index in [1.165, 1.54) is 6.20 Å². The Balaban J connectivity index is 1.65. The number of carbonyl (C=O) groups excluding carboxylic acids is 1. The van der Waals surface area contributed by atoms with Gasteiger partial charge >= 0.3 is 0 Å². The Morgan fingerprint density at radius 2 is 1.93 bits per heavy atom. The molecule has 0 radical (unpaired) electrons. The van der Waals surface area contributed by atoms with Crippen LogP contribution in [0.25, 0.3) is 5.69 Å². The molecule has 2 aromatic heterocycles. The molecule has 0 aliphatic heterocycles. The zero-order chi connectivity index (χ0) is 20.6. The van der Waals surface area contributed by atoms with Gasteiger partial charge < -0.3 is 10.1 Å². The van der Waals surface area contributed by atoms with Gasteiger partial charge in [0, 0.05) is 11.8 Å². The molecule has 0 saturated heterocycles. The topological polar surface area (TPSA) is 81.9 Å². The maximum absolute atomic E-state index is 12.7. The van der Waals surface area contributed by atoms with Gasteiger partial charge in [0.15, 0.2) is 0 Å². The molecule has 3 aromatic rings. The Kier molecular flexibility index (Phi) is 4.82. The molecule has 0 fully saturated rings. The highest BCUT2D eigenvalue weighted by Gasteiger charge is 2.36. The normalized spacial score (nSPS) is 17.4. The smallest absolute Gasteiger partial charge is 0.271 e. The quantitative estimate of drug-likeness (QED) is 0.737. The third-order valence-electron chi connectivity index (χ3n) is 5.32. The van der Waals surface area contributed by atoms with Gasteiger partial charge in [0.1, 0.15) is 11.4 Å². The average molecular weight is 391 g/mol. The number of rotatable bonds is 4. The number of aryl methyl sites for hydroxylation is 1. The molecule has 150 valence electrons. The number of carbonyl (C=O) groups is 1. The maximum Gasteiger partial charge on any atom is 0.271 e. The van der Waals surface area contributed by atoms with Crippen molar-refractivity contribution in [2.24, 2.45) is 5.41 Å². The van der Waals surface area contributed by atoms with Gasteiger partial charge in [-0.1, -0.05) is 13.8 Å². The van der Waals surface area contributed by atoms with E-state index in [2.05, 4.69) is 34.2 Å². The third-order valence-corrected chi connectivity index (χ3v) is 5.32. The predicted molar refractivity (Wildman–Crippen MR) is 109 cm³/mol. The van der Waals surface area contributed by atoms with Crippen molar-refractivity contribution in [3.8, 4) is 11.4 Å². The summed E-state index contributed by atoms with van der Waals surface area (Å²) in [6.07, 6.45) is 6.69. The van der Waals surface area contributed by atoms with Crippen LogP contribution in [0, 0.1) is 12.3 Å². The van der Waals surface area contributed by atoms with Crippen molar-refractivity contribution in [2.75, 3.05) is 7.11 Å². The fourth-order valence-electron chi connectivity index (χ4n) is 3.86. The molecule has 1 aliphatic carbocycles. The summed E-state index contributed by atoms with van der Waals surface area (Å²) in [7, 11) is 1.65. The van der Waals surface area contributed by atoms with E-state index >= 15 is 0 Å². The van der Waals surface area contributed by atoms with Crippen LogP contribution >= 0.6 is 0 Å². The lowest BCUT2D eigenvalue weighted by atomic mass is 9.74. The van der Waals surface area contributed by atoms with Crippen LogP contribution in [0.1, 0.15) is 53.7 Å². The van der Waals surface area contributed by atoms with Crippen molar-refractivity contribution in [2.45, 2.75) is 39.7 Å². The highest BCUT2D eigenvalue weighted by Crippen LogP contribution is 2.41. The van der Waals surface area contributed by atoms with E-state index in [0.717, 1.165) is 41.2 Å². The van der Waals surface area contributed by atoms with Gasteiger partial charge in [-0.05, 0) is 49.4 Å². The van der Waals surface area contributed by atoms with Crippen molar-refractivity contribution < 1.29 is 9.53 Å². The van der Waals surface area contributed by atoms with Gasteiger partial charge in [-0.2, -0.15) is 5.10 Å². The fraction of sp³-hybridized carbons (Fsp3) is 0.364. The molecule has 1 N–H and O–H groups in total. The summed E-state index contributed by atoms with van der Waals surface area (Å²) in [6.45, 7) is 6.27. The van der Waals surface area contributed by atoms with E-state index in [1.54, 1.807) is 13.3 Å². The Morgan fingerprint density at radius 1 is 1.17 bits per heavy atom. The number of ether oxygens (including phenoxy) is 1. The molecule has 2 heterocycles. The zero-order valence-electron chi connectivity index (χ0n) is 17.1. The molecule has 29 heavy (non-hydrogen) atoms. The third kappa shape index (κ3) is 3.85. The molecular weight excluding hydrogens is 366 g/mol. The maximum atomic E-state index is 12.7. The first-order valence-electron chi connectivity index (χ1n) is 9.67. The van der Waals surface area contributed by atoms with Gasteiger partial charge in [-0.15, -0.1) is 0 Å². The lowest BCUT2D eigenvalue weighted by Gasteiger charge is -2.35. The first-order valence-corrected chi connectivity index (χ1v) is 9.67. The van der Waals surface area contributed by atoms with Crippen molar-refractivity contribution in [3.05, 3.63) is 65.5 Å². The molecule has 1 amide bonds. The summed E-state index contributed by atoms with van der Waals surface area (Å²) in [5, 5.41) is 7.76. The highest BCUT2D eigenvalue weighted by atomic mass is 16.5. The van der Waals surface area contributed by atoms with Crippen LogP contribution in [0.4, 0.5) is 0 Å². The predicted octanol–water partition coefficient (Wildman–Crippen LogP) is 3.42. The Hall–Kier alpha value is -3.22. The molecule has 0 bridgehead atoms. The number of methoxy groups -OCH3 is 1. The Morgan fingerprint density at radius 3 is 2.59 bits per heavy atom. The van der Waals surface area contributed by atoms with Gasteiger partial charge in [0.2, 0.25) is 0 Å². The molecule has 0 unspecified atom stereocenters. The van der Waals surface area contributed by atoms with Crippen molar-refractivity contribution in [1.82, 2.24) is 25.1 Å². The van der Waals surface area contributed by atoms with Crippen molar-refractivity contribution in [3.63, 3.8) is 0 Å². The summed E-state index contributed by atoms with van der Waals surface area (Å²) in [5.41, 5.74) is 4.26. The SMILES string of the molecule is COc1ccc(-n2ncc3c2CC(C)(C)C[C@@H]3NC(=O)c2cnc(C)cn2)cc1. The van der Waals surface area contributed by atoms with Crippen molar-refractivity contribution >= 4 is 5.91 Å². The molecule has 7 nitrogen and oxygen atoms in total. The summed E-state index contributed by atoms with van der Waals surface area (Å²) >= 11 is 0. The monoisotopic (exact) mass is 391 g/mol. The second-order valence-electron chi connectivity index (χ2n) is 8.27. The molecule has 0 saturated carbocycles.